The van der Waals surface area contributed by atoms with Crippen LogP contribution in [0.3, 0.4) is 0 Å². The summed E-state index contributed by atoms with van der Waals surface area (Å²) in [4.78, 5) is 15.3. The predicted octanol–water partition coefficient (Wildman–Crippen LogP) is 5.34. The topological polar surface area (TPSA) is 97.1 Å². The maximum absolute atomic E-state index is 13.5. The molecule has 0 fully saturated rings. The molecule has 0 bridgehead atoms. The average Bonchev–Trinajstić information content (AvgIpc) is 3.56. The van der Waals surface area contributed by atoms with Gasteiger partial charge in [0.1, 0.15) is 17.1 Å². The average molecular weight is 484 g/mol. The molecule has 3 aromatic carbocycles. The molecule has 8 heteroatoms. The summed E-state index contributed by atoms with van der Waals surface area (Å²) in [6.45, 7) is 3.01. The van der Waals surface area contributed by atoms with Crippen LogP contribution in [0.2, 0.25) is 0 Å². The number of aromatic nitrogens is 4. The van der Waals surface area contributed by atoms with Crippen molar-refractivity contribution in [2.24, 2.45) is 0 Å². The third-order valence-corrected chi connectivity index (χ3v) is 6.36. The van der Waals surface area contributed by atoms with E-state index in [-0.39, 0.29) is 12.5 Å². The molecule has 0 saturated heterocycles. The number of ether oxygens (including phenoxy) is 1. The van der Waals surface area contributed by atoms with Gasteiger partial charge < -0.3 is 14.1 Å². The minimum atomic E-state index is 0.00948. The fraction of sp³-hybridized carbons (Fsp3) is 0.286. The largest absolute Gasteiger partial charge is 0.485 e. The fourth-order valence-electron chi connectivity index (χ4n) is 4.34. The van der Waals surface area contributed by atoms with E-state index in [1.165, 1.54) is 5.56 Å². The highest BCUT2D eigenvalue weighted by molar-refractivity contribution is 6.07. The Balaban J connectivity index is 1.26. The summed E-state index contributed by atoms with van der Waals surface area (Å²) in [5, 5.41) is 16.8. The van der Waals surface area contributed by atoms with Gasteiger partial charge in [0, 0.05) is 25.4 Å². The van der Waals surface area contributed by atoms with Crippen LogP contribution >= 0.6 is 0 Å². The molecule has 36 heavy (non-hydrogen) atoms. The van der Waals surface area contributed by atoms with Gasteiger partial charge in [-0.2, -0.15) is 5.21 Å². The smallest absolute Gasteiger partial charge is 0.257 e. The zero-order valence-corrected chi connectivity index (χ0v) is 20.5. The zero-order chi connectivity index (χ0) is 24.9. The van der Waals surface area contributed by atoms with Gasteiger partial charge in [0.2, 0.25) is 5.82 Å². The van der Waals surface area contributed by atoms with Crippen LogP contribution in [0.25, 0.3) is 21.7 Å². The number of furan rings is 1. The molecular formula is C28H29N5O3. The van der Waals surface area contributed by atoms with Crippen molar-refractivity contribution in [2.75, 3.05) is 13.6 Å². The van der Waals surface area contributed by atoms with E-state index in [1.807, 2.05) is 49.5 Å². The van der Waals surface area contributed by atoms with Crippen molar-refractivity contribution >= 4 is 27.6 Å². The Morgan fingerprint density at radius 1 is 1.06 bits per heavy atom. The highest BCUT2D eigenvalue weighted by atomic mass is 16.5. The van der Waals surface area contributed by atoms with Gasteiger partial charge >= 0.3 is 0 Å². The lowest BCUT2D eigenvalue weighted by molar-refractivity contribution is 0.0796. The Bertz CT molecular complexity index is 1480. The lowest BCUT2D eigenvalue weighted by Gasteiger charge is -2.18. The molecule has 0 spiro atoms. The molecule has 8 nitrogen and oxygen atoms in total. The van der Waals surface area contributed by atoms with Gasteiger partial charge in [-0.05, 0) is 47.4 Å². The summed E-state index contributed by atoms with van der Waals surface area (Å²) in [7, 11) is 1.86. The Morgan fingerprint density at radius 3 is 2.72 bits per heavy atom. The van der Waals surface area contributed by atoms with Crippen LogP contribution in [-0.2, 0) is 19.4 Å². The number of nitrogens with one attached hydrogen (secondary N) is 1. The second-order valence-electron chi connectivity index (χ2n) is 8.94. The summed E-state index contributed by atoms with van der Waals surface area (Å²) in [5.41, 5.74) is 2.65. The number of amides is 1. The number of rotatable bonds is 10. The van der Waals surface area contributed by atoms with Gasteiger partial charge in [-0.1, -0.05) is 61.0 Å². The van der Waals surface area contributed by atoms with E-state index in [0.29, 0.717) is 17.9 Å². The quantitative estimate of drug-likeness (QED) is 0.288. The van der Waals surface area contributed by atoms with E-state index in [2.05, 4.69) is 45.7 Å². The standard InChI is InChI=1S/C28H29N5O3/c1-3-4-8-25-27(23-7-5-6-9-24(23)36-25)28(34)33(2)15-14-19-10-11-21-17-22(13-12-20(21)16-19)35-18-26-29-31-32-30-26/h5-7,9-13,16-17H,3-4,8,14-15,18H2,1-2H3,(H,29,30,31,32). The van der Waals surface area contributed by atoms with E-state index < -0.39 is 0 Å². The highest BCUT2D eigenvalue weighted by Gasteiger charge is 2.23. The van der Waals surface area contributed by atoms with Crippen molar-refractivity contribution in [3.8, 4) is 5.75 Å². The number of nitrogens with zero attached hydrogens (tertiary/aromatic N) is 4. The molecule has 0 aliphatic heterocycles. The summed E-state index contributed by atoms with van der Waals surface area (Å²) < 4.78 is 11.8. The first-order chi connectivity index (χ1) is 17.6. The summed E-state index contributed by atoms with van der Waals surface area (Å²) in [6, 6.07) is 20.1. The monoisotopic (exact) mass is 483 g/mol. The number of para-hydroxylation sites is 1. The number of hydrogen-bond acceptors (Lipinski definition) is 6. The normalized spacial score (nSPS) is 11.3. The molecule has 1 N–H and O–H groups in total. The van der Waals surface area contributed by atoms with E-state index in [4.69, 9.17) is 9.15 Å². The molecule has 0 aliphatic rings. The zero-order valence-electron chi connectivity index (χ0n) is 20.5. The molecule has 5 rings (SSSR count). The molecule has 2 aromatic heterocycles. The molecule has 0 atom stereocenters. The molecule has 1 amide bonds. The first kappa shape index (κ1) is 23.5. The lowest BCUT2D eigenvalue weighted by Crippen LogP contribution is -2.29. The number of tetrazole rings is 1. The Kier molecular flexibility index (Phi) is 6.93. The molecule has 184 valence electrons. The number of fused-ring (bicyclic) bond motifs is 2. The van der Waals surface area contributed by atoms with Crippen LogP contribution in [0.4, 0.5) is 0 Å². The number of likely N-dealkylation sites (N-methyl/N-ethyl adjacent to an activating group) is 1. The van der Waals surface area contributed by atoms with Gasteiger partial charge in [-0.3, -0.25) is 4.79 Å². The Morgan fingerprint density at radius 2 is 1.89 bits per heavy atom. The fourth-order valence-corrected chi connectivity index (χ4v) is 4.34. The molecule has 0 radical (unpaired) electrons. The maximum Gasteiger partial charge on any atom is 0.257 e. The van der Waals surface area contributed by atoms with Gasteiger partial charge in [-0.25, -0.2) is 0 Å². The Labute approximate surface area is 209 Å². The molecular weight excluding hydrogens is 454 g/mol. The van der Waals surface area contributed by atoms with Crippen molar-refractivity contribution in [1.29, 1.82) is 0 Å². The summed E-state index contributed by atoms with van der Waals surface area (Å²) in [6.07, 6.45) is 3.57. The number of aromatic amines is 1. The maximum atomic E-state index is 13.5. The minimum Gasteiger partial charge on any atom is -0.485 e. The number of hydrogen-bond donors (Lipinski definition) is 1. The highest BCUT2D eigenvalue weighted by Crippen LogP contribution is 2.28. The molecule has 0 aliphatic carbocycles. The molecule has 0 unspecified atom stereocenters. The van der Waals surface area contributed by atoms with E-state index >= 15 is 0 Å². The Hall–Kier alpha value is -4.20. The number of unbranched alkanes of at least 4 members (excludes halogenated alkanes) is 1. The van der Waals surface area contributed by atoms with Gasteiger partial charge in [-0.15, -0.1) is 10.2 Å². The van der Waals surface area contributed by atoms with Crippen LogP contribution in [0, 0.1) is 0 Å². The van der Waals surface area contributed by atoms with E-state index in [0.717, 1.165) is 58.9 Å². The SMILES string of the molecule is CCCCc1oc2ccccc2c1C(=O)N(C)CCc1ccc2cc(OCc3nn[nH]n3)ccc2c1. The first-order valence-electron chi connectivity index (χ1n) is 12.3. The molecule has 5 aromatic rings. The van der Waals surface area contributed by atoms with Crippen molar-refractivity contribution in [1.82, 2.24) is 25.5 Å². The van der Waals surface area contributed by atoms with Gasteiger partial charge in [0.15, 0.2) is 6.61 Å². The van der Waals surface area contributed by atoms with E-state index in [9.17, 15) is 4.79 Å². The number of benzene rings is 3. The number of carbonyl (C=O) groups excluding carboxylic acids is 1. The first-order valence-corrected chi connectivity index (χ1v) is 12.3. The third kappa shape index (κ3) is 5.07. The van der Waals surface area contributed by atoms with Crippen molar-refractivity contribution in [2.45, 2.75) is 39.2 Å². The number of H-pyrrole nitrogens is 1. The van der Waals surface area contributed by atoms with Gasteiger partial charge in [0.25, 0.3) is 5.91 Å². The molecule has 0 saturated carbocycles. The van der Waals surface area contributed by atoms with Crippen LogP contribution in [0.1, 0.15) is 47.3 Å². The lowest BCUT2D eigenvalue weighted by atomic mass is 10.0. The van der Waals surface area contributed by atoms with Crippen molar-refractivity contribution in [3.63, 3.8) is 0 Å². The van der Waals surface area contributed by atoms with Crippen molar-refractivity contribution < 1.29 is 13.9 Å². The number of carbonyl (C=O) groups is 1. The third-order valence-electron chi connectivity index (χ3n) is 6.36. The second-order valence-corrected chi connectivity index (χ2v) is 8.94. The minimum absolute atomic E-state index is 0.00948. The van der Waals surface area contributed by atoms with Gasteiger partial charge in [0.05, 0.1) is 5.56 Å². The van der Waals surface area contributed by atoms with Crippen LogP contribution in [0.5, 0.6) is 5.75 Å². The van der Waals surface area contributed by atoms with Crippen LogP contribution in [-0.4, -0.2) is 45.0 Å². The van der Waals surface area contributed by atoms with E-state index in [1.54, 1.807) is 4.90 Å². The van der Waals surface area contributed by atoms with Crippen LogP contribution < -0.4 is 4.74 Å². The van der Waals surface area contributed by atoms with Crippen LogP contribution in [0.15, 0.2) is 65.1 Å². The summed E-state index contributed by atoms with van der Waals surface area (Å²) in [5.74, 6) is 2.05. The molecule has 2 heterocycles. The second kappa shape index (κ2) is 10.6. The van der Waals surface area contributed by atoms with Crippen molar-refractivity contribution in [3.05, 3.63) is 83.4 Å². The predicted molar refractivity (Wildman–Crippen MR) is 138 cm³/mol. The summed E-state index contributed by atoms with van der Waals surface area (Å²) >= 11 is 0. The number of aryl methyl sites for hydroxylation is 1.